The first-order valence-electron chi connectivity index (χ1n) is 11.9. The smallest absolute Gasteiger partial charge is 0.248 e. The fraction of sp³-hybridized carbons (Fsp3) is 0.333. The molecule has 182 valence electrons. The van der Waals surface area contributed by atoms with Crippen LogP contribution in [0, 0.1) is 0 Å². The highest BCUT2D eigenvalue weighted by molar-refractivity contribution is 7.10. The van der Waals surface area contributed by atoms with Gasteiger partial charge in [0.25, 0.3) is 0 Å². The first kappa shape index (κ1) is 23.7. The molecule has 1 saturated carbocycles. The van der Waals surface area contributed by atoms with Crippen LogP contribution in [0.4, 0.5) is 5.69 Å². The Hall–Kier alpha value is -3.03. The van der Waals surface area contributed by atoms with E-state index in [4.69, 9.17) is 21.1 Å². The lowest BCUT2D eigenvalue weighted by Crippen LogP contribution is -2.47. The van der Waals surface area contributed by atoms with Crippen LogP contribution in [0.1, 0.15) is 48.6 Å². The Morgan fingerprint density at radius 3 is 2.54 bits per heavy atom. The molecule has 0 spiro atoms. The molecule has 0 saturated heterocycles. The summed E-state index contributed by atoms with van der Waals surface area (Å²) in [6, 6.07) is 15.6. The molecule has 1 aliphatic carbocycles. The Kier molecular flexibility index (Phi) is 7.25. The van der Waals surface area contributed by atoms with Gasteiger partial charge in [-0.3, -0.25) is 14.5 Å². The van der Waals surface area contributed by atoms with E-state index in [2.05, 4.69) is 5.32 Å². The second-order valence-electron chi connectivity index (χ2n) is 8.86. The Morgan fingerprint density at radius 2 is 1.80 bits per heavy atom. The summed E-state index contributed by atoms with van der Waals surface area (Å²) in [6.07, 6.45) is 5.47. The molecule has 3 aromatic rings. The van der Waals surface area contributed by atoms with Gasteiger partial charge >= 0.3 is 0 Å². The van der Waals surface area contributed by atoms with E-state index in [0.717, 1.165) is 30.6 Å². The first-order chi connectivity index (χ1) is 17.1. The molecule has 0 bridgehead atoms. The molecular formula is C27H27ClN2O4S. The van der Waals surface area contributed by atoms with Crippen molar-refractivity contribution in [1.29, 1.82) is 0 Å². The zero-order valence-electron chi connectivity index (χ0n) is 19.2. The summed E-state index contributed by atoms with van der Waals surface area (Å²) in [6.45, 7) is 0.130. The molecule has 0 radical (unpaired) electrons. The van der Waals surface area contributed by atoms with E-state index in [-0.39, 0.29) is 31.1 Å². The highest BCUT2D eigenvalue weighted by Crippen LogP contribution is 2.39. The normalized spacial score (nSPS) is 16.0. The zero-order chi connectivity index (χ0) is 24.2. The van der Waals surface area contributed by atoms with Crippen molar-refractivity contribution in [3.05, 3.63) is 75.4 Å². The fourth-order valence-electron chi connectivity index (χ4n) is 4.71. The van der Waals surface area contributed by atoms with Crippen LogP contribution in [-0.2, 0) is 16.0 Å². The van der Waals surface area contributed by atoms with Gasteiger partial charge in [0.15, 0.2) is 11.5 Å². The van der Waals surface area contributed by atoms with Crippen LogP contribution >= 0.6 is 22.9 Å². The monoisotopic (exact) mass is 510 g/mol. The van der Waals surface area contributed by atoms with Gasteiger partial charge < -0.3 is 14.8 Å². The minimum atomic E-state index is -0.859. The lowest BCUT2D eigenvalue weighted by Gasteiger charge is -2.33. The minimum Gasteiger partial charge on any atom is -0.454 e. The maximum absolute atomic E-state index is 13.9. The molecule has 2 amide bonds. The summed E-state index contributed by atoms with van der Waals surface area (Å²) in [5, 5.41) is 5.74. The first-order valence-corrected chi connectivity index (χ1v) is 13.1. The molecule has 0 unspecified atom stereocenters. The Labute approximate surface area is 213 Å². The third-order valence-corrected chi connectivity index (χ3v) is 7.58. The number of rotatable bonds is 7. The van der Waals surface area contributed by atoms with Crippen LogP contribution < -0.4 is 19.7 Å². The van der Waals surface area contributed by atoms with E-state index in [9.17, 15) is 9.59 Å². The maximum atomic E-state index is 13.9. The van der Waals surface area contributed by atoms with Gasteiger partial charge in [-0.05, 0) is 54.1 Å². The van der Waals surface area contributed by atoms with Gasteiger partial charge in [0, 0.05) is 27.7 Å². The van der Waals surface area contributed by atoms with Gasteiger partial charge in [0.05, 0.1) is 6.42 Å². The van der Waals surface area contributed by atoms with E-state index >= 15 is 0 Å². The summed E-state index contributed by atoms with van der Waals surface area (Å²) in [7, 11) is 0. The molecule has 35 heavy (non-hydrogen) atoms. The Bertz CT molecular complexity index is 1180. The van der Waals surface area contributed by atoms with Crippen molar-refractivity contribution < 1.29 is 19.1 Å². The van der Waals surface area contributed by atoms with Crippen molar-refractivity contribution in [3.8, 4) is 11.5 Å². The maximum Gasteiger partial charge on any atom is 0.248 e. The van der Waals surface area contributed by atoms with Gasteiger partial charge in [-0.15, -0.1) is 11.3 Å². The molecule has 2 aromatic carbocycles. The number of amides is 2. The number of anilines is 1. The predicted molar refractivity (Wildman–Crippen MR) is 137 cm³/mol. The third kappa shape index (κ3) is 5.46. The second kappa shape index (κ2) is 10.7. The summed E-state index contributed by atoms with van der Waals surface area (Å²) < 4.78 is 11.0. The van der Waals surface area contributed by atoms with Crippen LogP contribution in [0.2, 0.25) is 5.02 Å². The molecule has 8 heteroatoms. The summed E-state index contributed by atoms with van der Waals surface area (Å²) >= 11 is 7.68. The molecule has 6 nitrogen and oxygen atoms in total. The summed E-state index contributed by atoms with van der Waals surface area (Å²) in [5.74, 6) is 0.801. The van der Waals surface area contributed by atoms with Gasteiger partial charge in [0.2, 0.25) is 18.6 Å². The highest BCUT2D eigenvalue weighted by Gasteiger charge is 2.35. The average Bonchev–Trinajstić information content (AvgIpc) is 3.55. The van der Waals surface area contributed by atoms with Crippen molar-refractivity contribution >= 4 is 40.4 Å². The number of carbonyl (C=O) groups is 2. The van der Waals surface area contributed by atoms with Crippen LogP contribution in [0.25, 0.3) is 0 Å². The number of halogens is 1. The second-order valence-corrected chi connectivity index (χ2v) is 10.3. The van der Waals surface area contributed by atoms with Crippen LogP contribution in [0.5, 0.6) is 11.5 Å². The molecule has 1 fully saturated rings. The van der Waals surface area contributed by atoms with E-state index in [1.54, 1.807) is 35.2 Å². The highest BCUT2D eigenvalue weighted by atomic mass is 35.5. The van der Waals surface area contributed by atoms with Crippen LogP contribution in [-0.4, -0.2) is 24.6 Å². The van der Waals surface area contributed by atoms with Crippen LogP contribution in [0.15, 0.2) is 60.0 Å². The minimum absolute atomic E-state index is 0.108. The van der Waals surface area contributed by atoms with E-state index in [1.165, 1.54) is 17.8 Å². The van der Waals surface area contributed by atoms with Crippen molar-refractivity contribution in [3.63, 3.8) is 0 Å². The molecule has 5 rings (SSSR count). The van der Waals surface area contributed by atoms with E-state index < -0.39 is 6.04 Å². The number of fused-ring (bicyclic) bond motifs is 1. The SMILES string of the molecule is O=C(NC1CCCCC1)[C@H](c1ccc(Cl)cc1)N(C(=O)Cc1cccs1)c1ccc2c(c1)OCO2. The van der Waals surface area contributed by atoms with E-state index in [1.807, 2.05) is 29.6 Å². The quantitative estimate of drug-likeness (QED) is 0.430. The van der Waals surface area contributed by atoms with Gasteiger partial charge in [0.1, 0.15) is 6.04 Å². The number of benzene rings is 2. The topological polar surface area (TPSA) is 67.9 Å². The third-order valence-electron chi connectivity index (χ3n) is 6.45. The fourth-order valence-corrected chi connectivity index (χ4v) is 5.53. The molecule has 2 aliphatic rings. The number of carbonyl (C=O) groups excluding carboxylic acids is 2. The molecule has 2 heterocycles. The molecule has 1 atom stereocenters. The van der Waals surface area contributed by atoms with Crippen molar-refractivity contribution in [1.82, 2.24) is 5.32 Å². The predicted octanol–water partition coefficient (Wildman–Crippen LogP) is 5.90. The number of hydrogen-bond acceptors (Lipinski definition) is 5. The number of nitrogens with zero attached hydrogens (tertiary/aromatic N) is 1. The number of nitrogens with one attached hydrogen (secondary N) is 1. The lowest BCUT2D eigenvalue weighted by atomic mass is 9.94. The summed E-state index contributed by atoms with van der Waals surface area (Å²) in [4.78, 5) is 30.2. The molecule has 1 N–H and O–H groups in total. The van der Waals surface area contributed by atoms with Gasteiger partial charge in [-0.2, -0.15) is 0 Å². The van der Waals surface area contributed by atoms with Crippen molar-refractivity contribution in [2.24, 2.45) is 0 Å². The molecule has 1 aliphatic heterocycles. The number of ether oxygens (including phenoxy) is 2. The summed E-state index contributed by atoms with van der Waals surface area (Å²) in [5.41, 5.74) is 1.27. The number of hydrogen-bond donors (Lipinski definition) is 1. The largest absolute Gasteiger partial charge is 0.454 e. The van der Waals surface area contributed by atoms with Crippen molar-refractivity contribution in [2.75, 3.05) is 11.7 Å². The Balaban J connectivity index is 1.55. The van der Waals surface area contributed by atoms with Gasteiger partial charge in [-0.1, -0.05) is 49.1 Å². The van der Waals surface area contributed by atoms with E-state index in [0.29, 0.717) is 27.8 Å². The van der Waals surface area contributed by atoms with Gasteiger partial charge in [-0.25, -0.2) is 0 Å². The standard InChI is InChI=1S/C27H27ClN2O4S/c28-19-10-8-18(9-11-19)26(27(32)29-20-5-2-1-3-6-20)30(25(31)16-22-7-4-14-35-22)21-12-13-23-24(15-21)34-17-33-23/h4,7-15,20,26H,1-3,5-6,16-17H2,(H,29,32)/t26-/m0/s1. The van der Waals surface area contributed by atoms with Crippen LogP contribution in [0.3, 0.4) is 0 Å². The molecular weight excluding hydrogens is 484 g/mol. The lowest BCUT2D eigenvalue weighted by molar-refractivity contribution is -0.127. The average molecular weight is 511 g/mol. The molecule has 1 aromatic heterocycles. The number of thiophene rings is 1. The van der Waals surface area contributed by atoms with Crippen molar-refractivity contribution in [2.45, 2.75) is 50.6 Å². The Morgan fingerprint density at radius 1 is 1.03 bits per heavy atom. The zero-order valence-corrected chi connectivity index (χ0v) is 20.8.